The number of ether oxygens (including phenoxy) is 1. The SMILES string of the molecule is OCc1ccc(N2CCOc3ccccc3C2)c(Br)c1. The highest BCUT2D eigenvalue weighted by molar-refractivity contribution is 9.10. The zero-order chi connectivity index (χ0) is 13.9. The van der Waals surface area contributed by atoms with Crippen molar-refractivity contribution < 1.29 is 9.84 Å². The standard InChI is InChI=1S/C16H16BrNO2/c17-14-9-12(11-19)5-6-15(14)18-7-8-20-16-4-2-1-3-13(16)10-18/h1-6,9,19H,7-8,10-11H2. The largest absolute Gasteiger partial charge is 0.491 e. The second-order valence-electron chi connectivity index (χ2n) is 4.82. The van der Waals surface area contributed by atoms with E-state index in [0.29, 0.717) is 6.61 Å². The van der Waals surface area contributed by atoms with Crippen molar-refractivity contribution in [3.63, 3.8) is 0 Å². The van der Waals surface area contributed by atoms with Crippen molar-refractivity contribution in [2.24, 2.45) is 0 Å². The molecule has 0 radical (unpaired) electrons. The van der Waals surface area contributed by atoms with Gasteiger partial charge in [0.2, 0.25) is 0 Å². The molecule has 0 fully saturated rings. The van der Waals surface area contributed by atoms with Gasteiger partial charge in [-0.2, -0.15) is 0 Å². The number of aliphatic hydroxyl groups excluding tert-OH is 1. The summed E-state index contributed by atoms with van der Waals surface area (Å²) in [5.74, 6) is 0.970. The van der Waals surface area contributed by atoms with Crippen molar-refractivity contribution in [3.8, 4) is 5.75 Å². The fourth-order valence-corrected chi connectivity index (χ4v) is 3.11. The molecule has 2 aromatic rings. The Morgan fingerprint density at radius 3 is 2.85 bits per heavy atom. The molecule has 3 rings (SSSR count). The van der Waals surface area contributed by atoms with E-state index in [1.807, 2.05) is 36.4 Å². The molecule has 0 aromatic heterocycles. The first-order valence-electron chi connectivity index (χ1n) is 6.63. The molecule has 1 N–H and O–H groups in total. The van der Waals surface area contributed by atoms with Gasteiger partial charge in [0.1, 0.15) is 12.4 Å². The average molecular weight is 334 g/mol. The van der Waals surface area contributed by atoms with Crippen LogP contribution in [0.15, 0.2) is 46.9 Å². The molecule has 1 heterocycles. The molecule has 20 heavy (non-hydrogen) atoms. The predicted molar refractivity (Wildman–Crippen MR) is 83.1 cm³/mol. The topological polar surface area (TPSA) is 32.7 Å². The smallest absolute Gasteiger partial charge is 0.124 e. The monoisotopic (exact) mass is 333 g/mol. The third-order valence-corrected chi connectivity index (χ3v) is 4.12. The van der Waals surface area contributed by atoms with E-state index in [2.05, 4.69) is 26.9 Å². The van der Waals surface area contributed by atoms with Gasteiger partial charge in [-0.3, -0.25) is 0 Å². The summed E-state index contributed by atoms with van der Waals surface area (Å²) in [7, 11) is 0. The number of benzene rings is 2. The summed E-state index contributed by atoms with van der Waals surface area (Å²) < 4.78 is 6.79. The van der Waals surface area contributed by atoms with E-state index in [0.717, 1.165) is 34.6 Å². The van der Waals surface area contributed by atoms with Crippen molar-refractivity contribution in [2.75, 3.05) is 18.1 Å². The van der Waals surface area contributed by atoms with E-state index in [4.69, 9.17) is 4.74 Å². The summed E-state index contributed by atoms with van der Waals surface area (Å²) in [5, 5.41) is 9.18. The molecule has 0 amide bonds. The van der Waals surface area contributed by atoms with Crippen molar-refractivity contribution >= 4 is 21.6 Å². The molecular formula is C16H16BrNO2. The van der Waals surface area contributed by atoms with Crippen molar-refractivity contribution in [1.29, 1.82) is 0 Å². The van der Waals surface area contributed by atoms with Gasteiger partial charge < -0.3 is 14.7 Å². The molecule has 1 aliphatic heterocycles. The lowest BCUT2D eigenvalue weighted by molar-refractivity contribution is 0.282. The second-order valence-corrected chi connectivity index (χ2v) is 5.68. The van der Waals surface area contributed by atoms with Crippen LogP contribution in [0.5, 0.6) is 5.75 Å². The minimum Gasteiger partial charge on any atom is -0.491 e. The fourth-order valence-electron chi connectivity index (χ4n) is 2.44. The first kappa shape index (κ1) is 13.5. The Kier molecular flexibility index (Phi) is 3.94. The van der Waals surface area contributed by atoms with Gasteiger partial charge in [-0.25, -0.2) is 0 Å². The van der Waals surface area contributed by atoms with Crippen molar-refractivity contribution in [2.45, 2.75) is 13.2 Å². The van der Waals surface area contributed by atoms with E-state index >= 15 is 0 Å². The number of hydrogen-bond acceptors (Lipinski definition) is 3. The van der Waals surface area contributed by atoms with Crippen LogP contribution in [-0.2, 0) is 13.2 Å². The van der Waals surface area contributed by atoms with Crippen molar-refractivity contribution in [3.05, 3.63) is 58.1 Å². The molecule has 0 saturated carbocycles. The molecule has 4 heteroatoms. The predicted octanol–water partition coefficient (Wildman–Crippen LogP) is 3.34. The zero-order valence-corrected chi connectivity index (χ0v) is 12.6. The van der Waals surface area contributed by atoms with Crippen LogP contribution in [0.3, 0.4) is 0 Å². The first-order chi connectivity index (χ1) is 9.78. The third kappa shape index (κ3) is 2.67. The molecule has 0 atom stereocenters. The highest BCUT2D eigenvalue weighted by atomic mass is 79.9. The highest BCUT2D eigenvalue weighted by Crippen LogP contribution is 2.31. The lowest BCUT2D eigenvalue weighted by Gasteiger charge is -2.23. The summed E-state index contributed by atoms with van der Waals surface area (Å²) in [6.45, 7) is 2.40. The number of halogens is 1. The number of fused-ring (bicyclic) bond motifs is 1. The summed E-state index contributed by atoms with van der Waals surface area (Å²) in [5.41, 5.74) is 3.23. The van der Waals surface area contributed by atoms with E-state index < -0.39 is 0 Å². The van der Waals surface area contributed by atoms with Crippen LogP contribution in [0.4, 0.5) is 5.69 Å². The molecule has 0 unspecified atom stereocenters. The maximum Gasteiger partial charge on any atom is 0.124 e. The molecule has 0 spiro atoms. The quantitative estimate of drug-likeness (QED) is 0.914. The van der Waals surface area contributed by atoms with Gasteiger partial charge in [-0.15, -0.1) is 0 Å². The van der Waals surface area contributed by atoms with Gasteiger partial charge in [0, 0.05) is 16.6 Å². The Balaban J connectivity index is 1.91. The van der Waals surface area contributed by atoms with E-state index in [9.17, 15) is 5.11 Å². The normalized spacial score (nSPS) is 14.4. The zero-order valence-electron chi connectivity index (χ0n) is 11.1. The second kappa shape index (κ2) is 5.85. The Hall–Kier alpha value is -1.52. The number of anilines is 1. The maximum absolute atomic E-state index is 9.18. The Morgan fingerprint density at radius 1 is 1.20 bits per heavy atom. The number of para-hydroxylation sites is 1. The van der Waals surface area contributed by atoms with Gasteiger partial charge in [0.05, 0.1) is 18.8 Å². The summed E-state index contributed by atoms with van der Waals surface area (Å²) in [6, 6.07) is 14.1. The van der Waals surface area contributed by atoms with Gasteiger partial charge >= 0.3 is 0 Å². The van der Waals surface area contributed by atoms with Gasteiger partial charge in [0.25, 0.3) is 0 Å². The van der Waals surface area contributed by atoms with Crippen LogP contribution in [0.1, 0.15) is 11.1 Å². The minimum absolute atomic E-state index is 0.0603. The average Bonchev–Trinajstić information content (AvgIpc) is 2.69. The van der Waals surface area contributed by atoms with Crippen LogP contribution < -0.4 is 9.64 Å². The molecule has 1 aliphatic rings. The molecule has 0 aliphatic carbocycles. The summed E-state index contributed by atoms with van der Waals surface area (Å²) >= 11 is 3.60. The minimum atomic E-state index is 0.0603. The molecular weight excluding hydrogens is 318 g/mol. The number of hydrogen-bond donors (Lipinski definition) is 1. The number of nitrogens with zero attached hydrogens (tertiary/aromatic N) is 1. The number of rotatable bonds is 2. The molecule has 104 valence electrons. The number of aliphatic hydroxyl groups is 1. The molecule has 3 nitrogen and oxygen atoms in total. The van der Waals surface area contributed by atoms with E-state index in [-0.39, 0.29) is 6.61 Å². The summed E-state index contributed by atoms with van der Waals surface area (Å²) in [4.78, 5) is 2.29. The first-order valence-corrected chi connectivity index (χ1v) is 7.42. The molecule has 2 aromatic carbocycles. The van der Waals surface area contributed by atoms with Gasteiger partial charge in [-0.05, 0) is 39.7 Å². The lowest BCUT2D eigenvalue weighted by atomic mass is 10.1. The van der Waals surface area contributed by atoms with Crippen molar-refractivity contribution in [1.82, 2.24) is 0 Å². The molecule has 0 bridgehead atoms. The Labute approximate surface area is 126 Å². The van der Waals surface area contributed by atoms with Crippen LogP contribution in [0.2, 0.25) is 0 Å². The lowest BCUT2D eigenvalue weighted by Crippen LogP contribution is -2.25. The summed E-state index contributed by atoms with van der Waals surface area (Å²) in [6.07, 6.45) is 0. The molecule has 0 saturated heterocycles. The van der Waals surface area contributed by atoms with E-state index in [1.165, 1.54) is 5.56 Å². The van der Waals surface area contributed by atoms with Crippen LogP contribution in [0, 0.1) is 0 Å². The van der Waals surface area contributed by atoms with Gasteiger partial charge in [0.15, 0.2) is 0 Å². The fraction of sp³-hybridized carbons (Fsp3) is 0.250. The Morgan fingerprint density at radius 2 is 2.05 bits per heavy atom. The Bertz CT molecular complexity index is 615. The van der Waals surface area contributed by atoms with Crippen LogP contribution in [-0.4, -0.2) is 18.3 Å². The maximum atomic E-state index is 9.18. The van der Waals surface area contributed by atoms with Gasteiger partial charge in [-0.1, -0.05) is 24.3 Å². The van der Waals surface area contributed by atoms with Crippen LogP contribution >= 0.6 is 15.9 Å². The third-order valence-electron chi connectivity index (χ3n) is 3.49. The highest BCUT2D eigenvalue weighted by Gasteiger charge is 2.17. The van der Waals surface area contributed by atoms with Crippen LogP contribution in [0.25, 0.3) is 0 Å². The van der Waals surface area contributed by atoms with E-state index in [1.54, 1.807) is 0 Å².